The van der Waals surface area contributed by atoms with Gasteiger partial charge in [0.15, 0.2) is 0 Å². The van der Waals surface area contributed by atoms with Crippen molar-refractivity contribution in [3.8, 4) is 5.75 Å². The lowest BCUT2D eigenvalue weighted by Gasteiger charge is -2.37. The van der Waals surface area contributed by atoms with Gasteiger partial charge in [-0.25, -0.2) is 4.39 Å². The van der Waals surface area contributed by atoms with E-state index in [1.165, 1.54) is 0 Å². The first-order valence-corrected chi connectivity index (χ1v) is 10.1. The lowest BCUT2D eigenvalue weighted by atomic mass is 9.83. The topological polar surface area (TPSA) is 52.6 Å². The third kappa shape index (κ3) is 4.04. The largest absolute Gasteiger partial charge is 0.508 e. The van der Waals surface area contributed by atoms with Crippen LogP contribution in [0.15, 0.2) is 54.6 Å². The summed E-state index contributed by atoms with van der Waals surface area (Å²) in [5.74, 6) is 0.222. The number of halogens is 1. The Labute approximate surface area is 165 Å². The monoisotopic (exact) mass is 382 g/mol. The fourth-order valence-corrected chi connectivity index (χ4v) is 4.67. The van der Waals surface area contributed by atoms with Crippen molar-refractivity contribution >= 4 is 5.91 Å². The summed E-state index contributed by atoms with van der Waals surface area (Å²) in [6.07, 6.45) is 0.623. The van der Waals surface area contributed by atoms with Gasteiger partial charge in [-0.15, -0.1) is 0 Å². The van der Waals surface area contributed by atoms with Crippen LogP contribution in [-0.4, -0.2) is 48.3 Å². The summed E-state index contributed by atoms with van der Waals surface area (Å²) >= 11 is 0. The SMILES string of the molecule is O=C1NCCC1C(CN1CC[C@@H](c2ccc(O)cc2)[C@H](F)C1)c1ccccc1. The Morgan fingerprint density at radius 1 is 1.11 bits per heavy atom. The first-order chi connectivity index (χ1) is 13.6. The Hall–Kier alpha value is -2.40. The maximum absolute atomic E-state index is 15.0. The minimum absolute atomic E-state index is 0.0460. The van der Waals surface area contributed by atoms with E-state index in [0.717, 1.165) is 37.1 Å². The Bertz CT molecular complexity index is 796. The highest BCUT2D eigenvalue weighted by Gasteiger charge is 2.37. The van der Waals surface area contributed by atoms with Gasteiger partial charge >= 0.3 is 0 Å². The summed E-state index contributed by atoms with van der Waals surface area (Å²) in [7, 11) is 0. The fourth-order valence-electron chi connectivity index (χ4n) is 4.67. The molecule has 0 saturated carbocycles. The molecular weight excluding hydrogens is 355 g/mol. The summed E-state index contributed by atoms with van der Waals surface area (Å²) in [4.78, 5) is 14.5. The van der Waals surface area contributed by atoms with Gasteiger partial charge < -0.3 is 10.4 Å². The lowest BCUT2D eigenvalue weighted by Crippen LogP contribution is -2.44. The van der Waals surface area contributed by atoms with Crippen molar-refractivity contribution in [3.63, 3.8) is 0 Å². The average Bonchev–Trinajstić information content (AvgIpc) is 3.13. The molecule has 1 amide bonds. The van der Waals surface area contributed by atoms with E-state index in [9.17, 15) is 9.90 Å². The molecule has 0 aliphatic carbocycles. The molecule has 5 heteroatoms. The maximum atomic E-state index is 15.0. The number of piperidine rings is 1. The van der Waals surface area contributed by atoms with Gasteiger partial charge in [0.25, 0.3) is 0 Å². The summed E-state index contributed by atoms with van der Waals surface area (Å²) in [6, 6.07) is 17.0. The van der Waals surface area contributed by atoms with Crippen molar-refractivity contribution in [2.45, 2.75) is 30.8 Å². The van der Waals surface area contributed by atoms with Crippen molar-refractivity contribution in [1.82, 2.24) is 10.2 Å². The molecule has 2 N–H and O–H groups in total. The van der Waals surface area contributed by atoms with Gasteiger partial charge in [-0.1, -0.05) is 42.5 Å². The first-order valence-electron chi connectivity index (χ1n) is 10.1. The van der Waals surface area contributed by atoms with E-state index in [0.29, 0.717) is 13.1 Å². The number of hydrogen-bond acceptors (Lipinski definition) is 3. The van der Waals surface area contributed by atoms with Crippen LogP contribution in [-0.2, 0) is 4.79 Å². The Kier molecular flexibility index (Phi) is 5.62. The molecule has 0 spiro atoms. The third-order valence-corrected chi connectivity index (χ3v) is 6.21. The second-order valence-electron chi connectivity index (χ2n) is 7.97. The van der Waals surface area contributed by atoms with Crippen LogP contribution in [0, 0.1) is 5.92 Å². The van der Waals surface area contributed by atoms with E-state index in [1.54, 1.807) is 12.1 Å². The number of nitrogens with zero attached hydrogens (tertiary/aromatic N) is 1. The van der Waals surface area contributed by atoms with E-state index in [2.05, 4.69) is 22.3 Å². The number of hydrogen-bond donors (Lipinski definition) is 2. The zero-order valence-electron chi connectivity index (χ0n) is 15.9. The maximum Gasteiger partial charge on any atom is 0.223 e. The number of phenols is 1. The Balaban J connectivity index is 1.46. The van der Waals surface area contributed by atoms with Crippen molar-refractivity contribution in [2.75, 3.05) is 26.2 Å². The number of aromatic hydroxyl groups is 1. The van der Waals surface area contributed by atoms with Crippen molar-refractivity contribution in [3.05, 3.63) is 65.7 Å². The molecule has 4 nitrogen and oxygen atoms in total. The van der Waals surface area contributed by atoms with E-state index in [4.69, 9.17) is 0 Å². The predicted octanol–water partition coefficient (Wildman–Crippen LogP) is 3.44. The molecule has 2 aliphatic rings. The molecule has 0 aromatic heterocycles. The van der Waals surface area contributed by atoms with Crippen LogP contribution in [0.2, 0.25) is 0 Å². The molecule has 0 bridgehead atoms. The van der Waals surface area contributed by atoms with Crippen LogP contribution in [0.1, 0.15) is 35.8 Å². The number of benzene rings is 2. The highest BCUT2D eigenvalue weighted by molar-refractivity contribution is 5.81. The predicted molar refractivity (Wildman–Crippen MR) is 107 cm³/mol. The van der Waals surface area contributed by atoms with Crippen LogP contribution < -0.4 is 5.32 Å². The van der Waals surface area contributed by atoms with Gasteiger partial charge in [0, 0.05) is 37.4 Å². The van der Waals surface area contributed by atoms with Crippen LogP contribution in [0.3, 0.4) is 0 Å². The second-order valence-corrected chi connectivity index (χ2v) is 7.97. The standard InChI is InChI=1S/C23H27FN2O2/c24-22-15-26(13-11-19(22)17-6-8-18(27)9-7-17)14-21(16-4-2-1-3-5-16)20-10-12-25-23(20)28/h1-9,19-22,27H,10-15H2,(H,25,28)/t19-,20?,21?,22+/m0/s1. The van der Waals surface area contributed by atoms with Crippen LogP contribution in [0.4, 0.5) is 4.39 Å². The number of carbonyl (C=O) groups excluding carboxylic acids is 1. The molecule has 4 rings (SSSR count). The van der Waals surface area contributed by atoms with E-state index in [-0.39, 0.29) is 29.4 Å². The third-order valence-electron chi connectivity index (χ3n) is 6.21. The van der Waals surface area contributed by atoms with Crippen molar-refractivity contribution in [2.24, 2.45) is 5.92 Å². The van der Waals surface area contributed by atoms with Gasteiger partial charge in [-0.2, -0.15) is 0 Å². The quantitative estimate of drug-likeness (QED) is 0.833. The zero-order valence-corrected chi connectivity index (χ0v) is 15.9. The molecule has 2 saturated heterocycles. The molecule has 2 aromatic carbocycles. The van der Waals surface area contributed by atoms with Crippen LogP contribution >= 0.6 is 0 Å². The summed E-state index contributed by atoms with van der Waals surface area (Å²) in [5.41, 5.74) is 2.10. The van der Waals surface area contributed by atoms with Gasteiger partial charge in [-0.05, 0) is 42.6 Å². The highest BCUT2D eigenvalue weighted by atomic mass is 19.1. The number of likely N-dealkylation sites (tertiary alicyclic amines) is 1. The van der Waals surface area contributed by atoms with Gasteiger partial charge in [0.1, 0.15) is 11.9 Å². The number of carbonyl (C=O) groups is 1. The molecular formula is C23H27FN2O2. The summed E-state index contributed by atoms with van der Waals surface area (Å²) < 4.78 is 15.0. The molecule has 2 unspecified atom stereocenters. The fraction of sp³-hybridized carbons (Fsp3) is 0.435. The second kappa shape index (κ2) is 8.31. The number of phenolic OH excluding ortho intramolecular Hbond substituents is 1. The average molecular weight is 382 g/mol. The molecule has 2 fully saturated rings. The van der Waals surface area contributed by atoms with Crippen molar-refractivity contribution in [1.29, 1.82) is 0 Å². The summed E-state index contributed by atoms with van der Waals surface area (Å²) in [5, 5.41) is 12.4. The minimum Gasteiger partial charge on any atom is -0.508 e. The molecule has 4 atom stereocenters. The summed E-state index contributed by atoms with van der Waals surface area (Å²) in [6.45, 7) is 2.61. The number of rotatable bonds is 5. The molecule has 28 heavy (non-hydrogen) atoms. The van der Waals surface area contributed by atoms with Crippen LogP contribution in [0.5, 0.6) is 5.75 Å². The van der Waals surface area contributed by atoms with E-state index in [1.807, 2.05) is 30.3 Å². The van der Waals surface area contributed by atoms with Crippen LogP contribution in [0.25, 0.3) is 0 Å². The smallest absolute Gasteiger partial charge is 0.223 e. The van der Waals surface area contributed by atoms with Gasteiger partial charge in [-0.3, -0.25) is 9.69 Å². The number of amides is 1. The van der Waals surface area contributed by atoms with Gasteiger partial charge in [0.2, 0.25) is 5.91 Å². The molecule has 2 aromatic rings. The first kappa shape index (κ1) is 18.9. The molecule has 2 aliphatic heterocycles. The van der Waals surface area contributed by atoms with Crippen molar-refractivity contribution < 1.29 is 14.3 Å². The normalized spacial score (nSPS) is 26.8. The number of nitrogens with one attached hydrogen (secondary N) is 1. The van der Waals surface area contributed by atoms with E-state index >= 15 is 4.39 Å². The molecule has 148 valence electrons. The van der Waals surface area contributed by atoms with Gasteiger partial charge in [0.05, 0.1) is 0 Å². The molecule has 0 radical (unpaired) electrons. The lowest BCUT2D eigenvalue weighted by molar-refractivity contribution is -0.123. The molecule has 2 heterocycles. The Morgan fingerprint density at radius 3 is 2.50 bits per heavy atom. The number of alkyl halides is 1. The zero-order chi connectivity index (χ0) is 19.5. The minimum atomic E-state index is -0.952. The highest BCUT2D eigenvalue weighted by Crippen LogP contribution is 2.35. The van der Waals surface area contributed by atoms with E-state index < -0.39 is 6.17 Å². The Morgan fingerprint density at radius 2 is 1.86 bits per heavy atom.